The van der Waals surface area contributed by atoms with Crippen molar-refractivity contribution in [1.29, 1.82) is 0 Å². The monoisotopic (exact) mass is 388 g/mol. The molecule has 0 saturated carbocycles. The summed E-state index contributed by atoms with van der Waals surface area (Å²) in [6.07, 6.45) is 0.991. The molecule has 0 aliphatic carbocycles. The SMILES string of the molecule is COCc1ccc(Cc2cc(N(C)C(=O)OC(C)(C)C)ncn2)c([N+](=O)[O-])c1. The van der Waals surface area contributed by atoms with Crippen LogP contribution in [-0.2, 0) is 22.5 Å². The molecule has 0 radical (unpaired) electrons. The average molecular weight is 388 g/mol. The summed E-state index contributed by atoms with van der Waals surface area (Å²) in [7, 11) is 3.07. The van der Waals surface area contributed by atoms with E-state index in [0.717, 1.165) is 0 Å². The molecular weight excluding hydrogens is 364 g/mol. The van der Waals surface area contributed by atoms with Crippen LogP contribution in [0.5, 0.6) is 0 Å². The molecular formula is C19H24N4O5. The van der Waals surface area contributed by atoms with Gasteiger partial charge in [0.1, 0.15) is 17.7 Å². The molecule has 1 aromatic heterocycles. The highest BCUT2D eigenvalue weighted by Gasteiger charge is 2.22. The predicted molar refractivity (Wildman–Crippen MR) is 103 cm³/mol. The van der Waals surface area contributed by atoms with Crippen molar-refractivity contribution < 1.29 is 19.2 Å². The highest BCUT2D eigenvalue weighted by Crippen LogP contribution is 2.24. The van der Waals surface area contributed by atoms with E-state index in [0.29, 0.717) is 29.2 Å². The molecule has 150 valence electrons. The van der Waals surface area contributed by atoms with Gasteiger partial charge in [0.15, 0.2) is 0 Å². The van der Waals surface area contributed by atoms with Gasteiger partial charge in [-0.05, 0) is 26.3 Å². The van der Waals surface area contributed by atoms with Crippen LogP contribution >= 0.6 is 0 Å². The lowest BCUT2D eigenvalue weighted by molar-refractivity contribution is -0.385. The van der Waals surface area contributed by atoms with Gasteiger partial charge in [-0.15, -0.1) is 0 Å². The lowest BCUT2D eigenvalue weighted by atomic mass is 10.0. The fraction of sp³-hybridized carbons (Fsp3) is 0.421. The number of aromatic nitrogens is 2. The predicted octanol–water partition coefficient (Wildman–Crippen LogP) is 3.49. The normalized spacial score (nSPS) is 11.2. The number of benzene rings is 1. The fourth-order valence-corrected chi connectivity index (χ4v) is 2.47. The molecule has 0 spiro atoms. The Hall–Kier alpha value is -3.07. The summed E-state index contributed by atoms with van der Waals surface area (Å²) in [6.45, 7) is 5.61. The van der Waals surface area contributed by atoms with Crippen molar-refractivity contribution in [3.05, 3.63) is 57.5 Å². The zero-order valence-electron chi connectivity index (χ0n) is 16.6. The number of hydrogen-bond donors (Lipinski definition) is 0. The number of rotatable bonds is 6. The smallest absolute Gasteiger partial charge is 0.415 e. The van der Waals surface area contributed by atoms with E-state index in [9.17, 15) is 14.9 Å². The van der Waals surface area contributed by atoms with Gasteiger partial charge >= 0.3 is 6.09 Å². The van der Waals surface area contributed by atoms with Crippen LogP contribution in [0.4, 0.5) is 16.3 Å². The van der Waals surface area contributed by atoms with Crippen molar-refractivity contribution in [3.63, 3.8) is 0 Å². The molecule has 1 heterocycles. The second-order valence-corrected chi connectivity index (χ2v) is 7.24. The Kier molecular flexibility index (Phi) is 6.63. The Labute approximate surface area is 163 Å². The minimum atomic E-state index is -0.633. The number of methoxy groups -OCH3 is 1. The van der Waals surface area contributed by atoms with Crippen LogP contribution in [0, 0.1) is 10.1 Å². The molecule has 2 aromatic rings. The van der Waals surface area contributed by atoms with Gasteiger partial charge in [-0.2, -0.15) is 0 Å². The molecule has 1 aromatic carbocycles. The van der Waals surface area contributed by atoms with Crippen LogP contribution in [0.1, 0.15) is 37.6 Å². The van der Waals surface area contributed by atoms with Crippen molar-refractivity contribution >= 4 is 17.6 Å². The summed E-state index contributed by atoms with van der Waals surface area (Å²) < 4.78 is 10.4. The van der Waals surface area contributed by atoms with E-state index in [4.69, 9.17) is 9.47 Å². The van der Waals surface area contributed by atoms with Gasteiger partial charge in [0, 0.05) is 38.3 Å². The molecule has 0 atom stereocenters. The Balaban J connectivity index is 2.25. The highest BCUT2D eigenvalue weighted by atomic mass is 16.6. The van der Waals surface area contributed by atoms with Gasteiger partial charge in [0.2, 0.25) is 0 Å². The number of nitro benzene ring substituents is 1. The van der Waals surface area contributed by atoms with E-state index >= 15 is 0 Å². The van der Waals surface area contributed by atoms with Gasteiger partial charge in [-0.25, -0.2) is 14.8 Å². The van der Waals surface area contributed by atoms with Crippen molar-refractivity contribution in [2.75, 3.05) is 19.1 Å². The second-order valence-electron chi connectivity index (χ2n) is 7.24. The summed E-state index contributed by atoms with van der Waals surface area (Å²) >= 11 is 0. The Morgan fingerprint density at radius 3 is 2.57 bits per heavy atom. The summed E-state index contributed by atoms with van der Waals surface area (Å²) in [5.74, 6) is 0.345. The van der Waals surface area contributed by atoms with Crippen LogP contribution in [0.15, 0.2) is 30.6 Å². The van der Waals surface area contributed by atoms with Gasteiger partial charge in [0.25, 0.3) is 5.69 Å². The van der Waals surface area contributed by atoms with E-state index in [2.05, 4.69) is 9.97 Å². The van der Waals surface area contributed by atoms with Crippen LogP contribution in [0.3, 0.4) is 0 Å². The number of ether oxygens (including phenoxy) is 2. The molecule has 0 bridgehead atoms. The quantitative estimate of drug-likeness (QED) is 0.550. The van der Waals surface area contributed by atoms with E-state index < -0.39 is 16.6 Å². The molecule has 9 nitrogen and oxygen atoms in total. The van der Waals surface area contributed by atoms with Crippen molar-refractivity contribution in [3.8, 4) is 0 Å². The molecule has 28 heavy (non-hydrogen) atoms. The van der Waals surface area contributed by atoms with Gasteiger partial charge in [0.05, 0.1) is 17.2 Å². The molecule has 0 N–H and O–H groups in total. The van der Waals surface area contributed by atoms with Crippen molar-refractivity contribution in [2.45, 2.75) is 39.4 Å². The number of nitro groups is 1. The van der Waals surface area contributed by atoms with Gasteiger partial charge in [-0.1, -0.05) is 12.1 Å². The van der Waals surface area contributed by atoms with Crippen molar-refractivity contribution in [1.82, 2.24) is 9.97 Å². The van der Waals surface area contributed by atoms with E-state index in [-0.39, 0.29) is 12.1 Å². The third-order valence-corrected chi connectivity index (χ3v) is 3.75. The highest BCUT2D eigenvalue weighted by molar-refractivity contribution is 5.85. The number of amides is 1. The standard InChI is InChI=1S/C19H24N4O5/c1-19(2,3)28-18(24)22(4)17-10-15(20-12-21-17)9-14-7-6-13(11-27-5)8-16(14)23(25)26/h6-8,10,12H,9,11H2,1-5H3. The third-order valence-electron chi connectivity index (χ3n) is 3.75. The second kappa shape index (κ2) is 8.75. The summed E-state index contributed by atoms with van der Waals surface area (Å²) in [5, 5.41) is 11.4. The number of hydrogen-bond acceptors (Lipinski definition) is 7. The molecule has 2 rings (SSSR count). The number of carbonyl (C=O) groups excluding carboxylic acids is 1. The molecule has 9 heteroatoms. The largest absolute Gasteiger partial charge is 0.443 e. The van der Waals surface area contributed by atoms with E-state index in [1.807, 2.05) is 0 Å². The van der Waals surface area contributed by atoms with E-state index in [1.165, 1.54) is 24.4 Å². The van der Waals surface area contributed by atoms with Crippen LogP contribution < -0.4 is 4.90 Å². The first-order chi connectivity index (χ1) is 13.1. The first-order valence-corrected chi connectivity index (χ1v) is 8.63. The van der Waals surface area contributed by atoms with Crippen LogP contribution in [0.2, 0.25) is 0 Å². The Morgan fingerprint density at radius 2 is 1.96 bits per heavy atom. The summed E-state index contributed by atoms with van der Waals surface area (Å²) in [6, 6.07) is 6.57. The minimum Gasteiger partial charge on any atom is -0.443 e. The number of carbonyl (C=O) groups is 1. The number of anilines is 1. The molecule has 0 aliphatic heterocycles. The zero-order chi connectivity index (χ0) is 20.9. The number of nitrogens with zero attached hydrogens (tertiary/aromatic N) is 4. The first-order valence-electron chi connectivity index (χ1n) is 8.63. The Bertz CT molecular complexity index is 864. The maximum atomic E-state index is 12.2. The lowest BCUT2D eigenvalue weighted by Crippen LogP contribution is -2.34. The van der Waals surface area contributed by atoms with Crippen LogP contribution in [0.25, 0.3) is 0 Å². The minimum absolute atomic E-state index is 0.00444. The summed E-state index contributed by atoms with van der Waals surface area (Å²) in [4.78, 5) is 32.7. The van der Waals surface area contributed by atoms with Crippen LogP contribution in [-0.4, -0.2) is 40.7 Å². The molecule has 0 fully saturated rings. The van der Waals surface area contributed by atoms with Gasteiger partial charge < -0.3 is 9.47 Å². The fourth-order valence-electron chi connectivity index (χ4n) is 2.47. The maximum absolute atomic E-state index is 12.2. The third kappa shape index (κ3) is 5.71. The van der Waals surface area contributed by atoms with E-state index in [1.54, 1.807) is 46.0 Å². The lowest BCUT2D eigenvalue weighted by Gasteiger charge is -2.24. The summed E-state index contributed by atoms with van der Waals surface area (Å²) in [5.41, 5.74) is 1.13. The van der Waals surface area contributed by atoms with Gasteiger partial charge in [-0.3, -0.25) is 15.0 Å². The zero-order valence-corrected chi connectivity index (χ0v) is 16.6. The average Bonchev–Trinajstić information content (AvgIpc) is 2.61. The molecule has 1 amide bonds. The first kappa shape index (κ1) is 21.2. The maximum Gasteiger partial charge on any atom is 0.415 e. The molecule has 0 saturated heterocycles. The molecule has 0 unspecified atom stereocenters. The van der Waals surface area contributed by atoms with Crippen molar-refractivity contribution in [2.24, 2.45) is 0 Å². The topological polar surface area (TPSA) is 108 Å². The Morgan fingerprint density at radius 1 is 1.25 bits per heavy atom. The molecule has 0 aliphatic rings.